The fraction of sp³-hybridized carbons (Fsp3) is 0.182. The van der Waals surface area contributed by atoms with Crippen molar-refractivity contribution in [3.8, 4) is 0 Å². The number of rotatable bonds is 4. The Morgan fingerprint density at radius 3 is 2.94 bits per heavy atom. The molecule has 0 spiro atoms. The highest BCUT2D eigenvalue weighted by molar-refractivity contribution is 7.98. The highest BCUT2D eigenvalue weighted by Crippen LogP contribution is 2.12. The second kappa shape index (κ2) is 5.84. The van der Waals surface area contributed by atoms with E-state index in [0.29, 0.717) is 11.7 Å². The average Bonchev–Trinajstić information content (AvgIpc) is 2.37. The number of nitrogens with one attached hydrogen (secondary N) is 1. The SMILES string of the molecule is CSc1nccc(NCc2cccc(Cl)n2)n1. The van der Waals surface area contributed by atoms with Gasteiger partial charge in [-0.3, -0.25) is 0 Å². The molecular formula is C11H11ClN4S. The van der Waals surface area contributed by atoms with Gasteiger partial charge in [0.1, 0.15) is 11.0 Å². The first-order valence-corrected chi connectivity index (χ1v) is 6.60. The summed E-state index contributed by atoms with van der Waals surface area (Å²) in [6, 6.07) is 7.36. The number of aromatic nitrogens is 3. The summed E-state index contributed by atoms with van der Waals surface area (Å²) < 4.78 is 0. The van der Waals surface area contributed by atoms with Crippen molar-refractivity contribution in [2.24, 2.45) is 0 Å². The molecule has 0 amide bonds. The molecule has 0 aliphatic carbocycles. The van der Waals surface area contributed by atoms with Gasteiger partial charge in [0, 0.05) is 6.20 Å². The lowest BCUT2D eigenvalue weighted by Crippen LogP contribution is -2.03. The van der Waals surface area contributed by atoms with E-state index in [2.05, 4.69) is 20.3 Å². The normalized spacial score (nSPS) is 10.2. The van der Waals surface area contributed by atoms with Gasteiger partial charge in [-0.15, -0.1) is 0 Å². The Morgan fingerprint density at radius 2 is 2.18 bits per heavy atom. The first-order chi connectivity index (χ1) is 8.28. The van der Waals surface area contributed by atoms with Crippen LogP contribution < -0.4 is 5.32 Å². The van der Waals surface area contributed by atoms with Crippen molar-refractivity contribution in [2.45, 2.75) is 11.7 Å². The summed E-state index contributed by atoms with van der Waals surface area (Å²) in [6.07, 6.45) is 3.67. The van der Waals surface area contributed by atoms with Crippen LogP contribution in [0.15, 0.2) is 35.6 Å². The molecule has 17 heavy (non-hydrogen) atoms. The summed E-state index contributed by atoms with van der Waals surface area (Å²) >= 11 is 7.31. The lowest BCUT2D eigenvalue weighted by molar-refractivity contribution is 0.946. The van der Waals surface area contributed by atoms with Crippen molar-refractivity contribution in [3.63, 3.8) is 0 Å². The van der Waals surface area contributed by atoms with Gasteiger partial charge in [-0.2, -0.15) is 0 Å². The van der Waals surface area contributed by atoms with E-state index in [0.717, 1.165) is 16.7 Å². The van der Waals surface area contributed by atoms with Crippen LogP contribution in [-0.4, -0.2) is 21.2 Å². The Kier molecular flexibility index (Phi) is 4.17. The van der Waals surface area contributed by atoms with Crippen LogP contribution in [0.4, 0.5) is 5.82 Å². The molecule has 2 heterocycles. The summed E-state index contributed by atoms with van der Waals surface area (Å²) in [5.41, 5.74) is 0.877. The molecule has 2 aromatic heterocycles. The van der Waals surface area contributed by atoms with Crippen molar-refractivity contribution >= 4 is 29.2 Å². The number of pyridine rings is 1. The smallest absolute Gasteiger partial charge is 0.189 e. The fourth-order valence-corrected chi connectivity index (χ4v) is 1.80. The minimum absolute atomic E-state index is 0.497. The third kappa shape index (κ3) is 3.57. The van der Waals surface area contributed by atoms with Crippen LogP contribution in [0.3, 0.4) is 0 Å². The van der Waals surface area contributed by atoms with E-state index < -0.39 is 0 Å². The largest absolute Gasteiger partial charge is 0.364 e. The lowest BCUT2D eigenvalue weighted by atomic mass is 10.3. The summed E-state index contributed by atoms with van der Waals surface area (Å²) in [4.78, 5) is 12.6. The van der Waals surface area contributed by atoms with Crippen molar-refractivity contribution in [3.05, 3.63) is 41.3 Å². The number of anilines is 1. The zero-order valence-electron chi connectivity index (χ0n) is 9.22. The maximum atomic E-state index is 5.81. The highest BCUT2D eigenvalue weighted by Gasteiger charge is 1.99. The summed E-state index contributed by atoms with van der Waals surface area (Å²) in [5, 5.41) is 4.42. The molecule has 6 heteroatoms. The van der Waals surface area contributed by atoms with E-state index in [1.54, 1.807) is 12.3 Å². The molecule has 0 fully saturated rings. The highest BCUT2D eigenvalue weighted by atomic mass is 35.5. The quantitative estimate of drug-likeness (QED) is 0.524. The Hall–Kier alpha value is -1.33. The van der Waals surface area contributed by atoms with Gasteiger partial charge >= 0.3 is 0 Å². The van der Waals surface area contributed by atoms with Crippen LogP contribution in [0.25, 0.3) is 0 Å². The maximum Gasteiger partial charge on any atom is 0.189 e. The molecule has 2 rings (SSSR count). The molecule has 88 valence electrons. The van der Waals surface area contributed by atoms with Crippen LogP contribution in [-0.2, 0) is 6.54 Å². The van der Waals surface area contributed by atoms with E-state index in [9.17, 15) is 0 Å². The molecule has 1 N–H and O–H groups in total. The summed E-state index contributed by atoms with van der Waals surface area (Å²) in [5.74, 6) is 0.783. The van der Waals surface area contributed by atoms with E-state index >= 15 is 0 Å². The van der Waals surface area contributed by atoms with Crippen molar-refractivity contribution in [1.29, 1.82) is 0 Å². The average molecular weight is 267 g/mol. The number of halogens is 1. The van der Waals surface area contributed by atoms with Gasteiger partial charge in [-0.25, -0.2) is 15.0 Å². The van der Waals surface area contributed by atoms with Crippen LogP contribution >= 0.6 is 23.4 Å². The first kappa shape index (κ1) is 12.1. The third-order valence-corrected chi connectivity index (χ3v) is 2.81. The van der Waals surface area contributed by atoms with E-state index in [4.69, 9.17) is 11.6 Å². The number of hydrogen-bond acceptors (Lipinski definition) is 5. The van der Waals surface area contributed by atoms with E-state index in [1.165, 1.54) is 11.8 Å². The zero-order valence-corrected chi connectivity index (χ0v) is 10.8. The second-order valence-corrected chi connectivity index (χ2v) is 4.39. The van der Waals surface area contributed by atoms with Gasteiger partial charge in [0.25, 0.3) is 0 Å². The van der Waals surface area contributed by atoms with Gasteiger partial charge in [0.05, 0.1) is 12.2 Å². The molecular weight excluding hydrogens is 256 g/mol. The number of hydrogen-bond donors (Lipinski definition) is 1. The fourth-order valence-electron chi connectivity index (χ4n) is 1.27. The third-order valence-electron chi connectivity index (χ3n) is 2.04. The van der Waals surface area contributed by atoms with Crippen LogP contribution in [0.1, 0.15) is 5.69 Å². The summed E-state index contributed by atoms with van der Waals surface area (Å²) in [6.45, 7) is 0.589. The Labute approximate surface area is 109 Å². The van der Waals surface area contributed by atoms with Crippen molar-refractivity contribution in [2.75, 3.05) is 11.6 Å². The predicted molar refractivity (Wildman–Crippen MR) is 70.4 cm³/mol. The molecule has 0 aromatic carbocycles. The van der Waals surface area contributed by atoms with Gasteiger partial charge in [-0.1, -0.05) is 29.4 Å². The van der Waals surface area contributed by atoms with Gasteiger partial charge < -0.3 is 5.32 Å². The van der Waals surface area contributed by atoms with Crippen molar-refractivity contribution < 1.29 is 0 Å². The molecule has 2 aromatic rings. The second-order valence-electron chi connectivity index (χ2n) is 3.23. The van der Waals surface area contributed by atoms with Gasteiger partial charge in [0.15, 0.2) is 5.16 Å². The molecule has 0 atom stereocenters. The van der Waals surface area contributed by atoms with E-state index in [-0.39, 0.29) is 0 Å². The molecule has 0 saturated heterocycles. The van der Waals surface area contributed by atoms with Crippen molar-refractivity contribution in [1.82, 2.24) is 15.0 Å². The molecule has 0 bridgehead atoms. The first-order valence-electron chi connectivity index (χ1n) is 5.00. The molecule has 0 unspecified atom stereocenters. The monoisotopic (exact) mass is 266 g/mol. The Balaban J connectivity index is 2.02. The number of nitrogens with zero attached hydrogens (tertiary/aromatic N) is 3. The molecule has 0 aliphatic heterocycles. The molecule has 4 nitrogen and oxygen atoms in total. The zero-order chi connectivity index (χ0) is 12.1. The van der Waals surface area contributed by atoms with Crippen LogP contribution in [0.2, 0.25) is 5.15 Å². The van der Waals surface area contributed by atoms with E-state index in [1.807, 2.05) is 24.5 Å². The topological polar surface area (TPSA) is 50.7 Å². The summed E-state index contributed by atoms with van der Waals surface area (Å²) in [7, 11) is 0. The van der Waals surface area contributed by atoms with Crippen LogP contribution in [0.5, 0.6) is 0 Å². The predicted octanol–water partition coefficient (Wildman–Crippen LogP) is 2.86. The van der Waals surface area contributed by atoms with Crippen LogP contribution in [0, 0.1) is 0 Å². The lowest BCUT2D eigenvalue weighted by Gasteiger charge is -2.05. The molecule has 0 radical (unpaired) electrons. The Bertz CT molecular complexity index is 506. The number of thioether (sulfide) groups is 1. The molecule has 0 aliphatic rings. The van der Waals surface area contributed by atoms with Gasteiger partial charge in [-0.05, 0) is 24.5 Å². The molecule has 0 saturated carbocycles. The Morgan fingerprint density at radius 1 is 1.29 bits per heavy atom. The standard InChI is InChI=1S/C11H11ClN4S/c1-17-11-13-6-5-10(16-11)14-7-8-3-2-4-9(12)15-8/h2-6H,7H2,1H3,(H,13,14,16). The minimum Gasteiger partial charge on any atom is -0.364 e. The minimum atomic E-state index is 0.497. The maximum absolute atomic E-state index is 5.81. The van der Waals surface area contributed by atoms with Gasteiger partial charge in [0.2, 0.25) is 0 Å².